The third-order valence-electron chi connectivity index (χ3n) is 3.24. The molecule has 0 atom stereocenters. The van der Waals surface area contributed by atoms with E-state index in [-0.39, 0.29) is 5.78 Å². The van der Waals surface area contributed by atoms with E-state index in [0.717, 1.165) is 17.7 Å². The molecule has 0 amide bonds. The van der Waals surface area contributed by atoms with Crippen LogP contribution in [0.15, 0.2) is 22.9 Å². The van der Waals surface area contributed by atoms with Crippen molar-refractivity contribution in [3.05, 3.63) is 46.7 Å². The van der Waals surface area contributed by atoms with Gasteiger partial charge < -0.3 is 9.15 Å². The molecule has 0 radical (unpaired) electrons. The van der Waals surface area contributed by atoms with Crippen LogP contribution in [0.2, 0.25) is 0 Å². The molecule has 0 aliphatic carbocycles. The number of rotatable bonds is 5. The molecule has 0 saturated carbocycles. The first-order chi connectivity index (χ1) is 9.54. The summed E-state index contributed by atoms with van der Waals surface area (Å²) < 4.78 is 11.0. The summed E-state index contributed by atoms with van der Waals surface area (Å²) >= 11 is 0. The number of hydrogen-bond acceptors (Lipinski definition) is 4. The monoisotopic (exact) mass is 273 g/mol. The Labute approximate surface area is 118 Å². The van der Waals surface area contributed by atoms with Gasteiger partial charge in [-0.05, 0) is 33.3 Å². The average molecular weight is 273 g/mol. The number of furan rings is 1. The van der Waals surface area contributed by atoms with Crippen molar-refractivity contribution in [1.82, 2.24) is 4.98 Å². The fourth-order valence-electron chi connectivity index (χ4n) is 2.11. The predicted molar refractivity (Wildman–Crippen MR) is 76.4 cm³/mol. The summed E-state index contributed by atoms with van der Waals surface area (Å²) in [4.78, 5) is 16.6. The van der Waals surface area contributed by atoms with Gasteiger partial charge in [0.15, 0.2) is 5.78 Å². The molecule has 4 heteroatoms. The molecular weight excluding hydrogens is 254 g/mol. The van der Waals surface area contributed by atoms with Gasteiger partial charge in [0.25, 0.3) is 0 Å². The topological polar surface area (TPSA) is 52.3 Å². The van der Waals surface area contributed by atoms with Gasteiger partial charge in [-0.15, -0.1) is 0 Å². The lowest BCUT2D eigenvalue weighted by Gasteiger charge is -2.06. The van der Waals surface area contributed by atoms with Crippen molar-refractivity contribution < 1.29 is 13.9 Å². The first kappa shape index (κ1) is 14.3. The van der Waals surface area contributed by atoms with Crippen LogP contribution < -0.4 is 4.74 Å². The highest BCUT2D eigenvalue weighted by Gasteiger charge is 2.20. The maximum Gasteiger partial charge on any atom is 0.198 e. The van der Waals surface area contributed by atoms with E-state index in [9.17, 15) is 4.79 Å². The second kappa shape index (κ2) is 5.90. The smallest absolute Gasteiger partial charge is 0.198 e. The number of aryl methyl sites for hydroxylation is 2. The summed E-state index contributed by atoms with van der Waals surface area (Å²) in [6.45, 7) is 8.20. The third-order valence-corrected chi connectivity index (χ3v) is 3.24. The lowest BCUT2D eigenvalue weighted by Crippen LogP contribution is -2.05. The number of carbonyl (C=O) groups excluding carboxylic acids is 1. The zero-order valence-corrected chi connectivity index (χ0v) is 12.3. The van der Waals surface area contributed by atoms with E-state index in [4.69, 9.17) is 9.15 Å². The van der Waals surface area contributed by atoms with Crippen molar-refractivity contribution in [3.63, 3.8) is 0 Å². The molecule has 0 unspecified atom stereocenters. The first-order valence-corrected chi connectivity index (χ1v) is 6.73. The minimum atomic E-state index is -0.0775. The lowest BCUT2D eigenvalue weighted by atomic mass is 10.0. The van der Waals surface area contributed by atoms with Gasteiger partial charge in [0.05, 0.1) is 18.4 Å². The maximum atomic E-state index is 12.6. The van der Waals surface area contributed by atoms with Gasteiger partial charge in [-0.25, -0.2) is 0 Å². The number of nitrogens with zero attached hydrogens (tertiary/aromatic N) is 1. The molecule has 2 aromatic rings. The van der Waals surface area contributed by atoms with Crippen molar-refractivity contribution in [1.29, 1.82) is 0 Å². The Morgan fingerprint density at radius 1 is 1.25 bits per heavy atom. The summed E-state index contributed by atoms with van der Waals surface area (Å²) in [5.74, 6) is 1.96. The largest absolute Gasteiger partial charge is 0.492 e. The molecule has 0 fully saturated rings. The van der Waals surface area contributed by atoms with Crippen molar-refractivity contribution in [2.45, 2.75) is 34.1 Å². The molecule has 0 N–H and O–H groups in total. The molecule has 4 nitrogen and oxygen atoms in total. The molecular formula is C16H19NO3. The van der Waals surface area contributed by atoms with Crippen molar-refractivity contribution in [3.8, 4) is 5.75 Å². The zero-order chi connectivity index (χ0) is 14.7. The Kier molecular flexibility index (Phi) is 4.23. The molecule has 0 aliphatic heterocycles. The minimum Gasteiger partial charge on any atom is -0.492 e. The Hall–Kier alpha value is -2.10. The lowest BCUT2D eigenvalue weighted by molar-refractivity contribution is 0.103. The highest BCUT2D eigenvalue weighted by Crippen LogP contribution is 2.24. The summed E-state index contributed by atoms with van der Waals surface area (Å²) in [5.41, 5.74) is 2.02. The van der Waals surface area contributed by atoms with E-state index in [1.165, 1.54) is 0 Å². The molecule has 0 aromatic carbocycles. The van der Waals surface area contributed by atoms with Gasteiger partial charge in [-0.2, -0.15) is 0 Å². The Morgan fingerprint density at radius 3 is 2.60 bits per heavy atom. The molecule has 2 rings (SSSR count). The fraction of sp³-hybridized carbons (Fsp3) is 0.375. The Bertz CT molecular complexity index is 629. The van der Waals surface area contributed by atoms with Crippen LogP contribution in [0.3, 0.4) is 0 Å². The van der Waals surface area contributed by atoms with Gasteiger partial charge >= 0.3 is 0 Å². The summed E-state index contributed by atoms with van der Waals surface area (Å²) in [6, 6.07) is 1.73. The standard InChI is InChI=1S/C16H19NO3/c1-5-6-19-14-7-13(8-17-9-14)16(18)15-10(2)11(3)20-12(15)4/h7-9H,5-6H2,1-4H3. The van der Waals surface area contributed by atoms with Gasteiger partial charge in [-0.3, -0.25) is 9.78 Å². The number of aromatic nitrogens is 1. The van der Waals surface area contributed by atoms with E-state index in [1.54, 1.807) is 25.4 Å². The Balaban J connectivity index is 2.33. The predicted octanol–water partition coefficient (Wildman–Crippen LogP) is 3.62. The summed E-state index contributed by atoms with van der Waals surface area (Å²) in [6.07, 6.45) is 4.09. The molecule has 106 valence electrons. The van der Waals surface area contributed by atoms with Crippen LogP contribution in [-0.2, 0) is 0 Å². The molecule has 0 spiro atoms. The third kappa shape index (κ3) is 2.74. The number of carbonyl (C=O) groups is 1. The number of ketones is 1. The molecule has 2 heterocycles. The highest BCUT2D eigenvalue weighted by atomic mass is 16.5. The van der Waals surface area contributed by atoms with E-state index in [0.29, 0.717) is 29.2 Å². The quantitative estimate of drug-likeness (QED) is 0.781. The van der Waals surface area contributed by atoms with Gasteiger partial charge in [-0.1, -0.05) is 6.92 Å². The van der Waals surface area contributed by atoms with Crippen LogP contribution in [0.25, 0.3) is 0 Å². The van der Waals surface area contributed by atoms with Crippen LogP contribution in [0.1, 0.15) is 46.3 Å². The molecule has 20 heavy (non-hydrogen) atoms. The van der Waals surface area contributed by atoms with Gasteiger partial charge in [0.2, 0.25) is 0 Å². The van der Waals surface area contributed by atoms with E-state index in [2.05, 4.69) is 4.98 Å². The zero-order valence-electron chi connectivity index (χ0n) is 12.3. The molecule has 0 saturated heterocycles. The summed E-state index contributed by atoms with van der Waals surface area (Å²) in [5, 5.41) is 0. The van der Waals surface area contributed by atoms with E-state index in [1.807, 2.05) is 20.8 Å². The van der Waals surface area contributed by atoms with Gasteiger partial charge in [0, 0.05) is 17.3 Å². The molecule has 2 aromatic heterocycles. The van der Waals surface area contributed by atoms with Crippen molar-refractivity contribution >= 4 is 5.78 Å². The van der Waals surface area contributed by atoms with Crippen LogP contribution in [0.5, 0.6) is 5.75 Å². The molecule has 0 aliphatic rings. The van der Waals surface area contributed by atoms with Gasteiger partial charge in [0.1, 0.15) is 17.3 Å². The maximum absolute atomic E-state index is 12.6. The second-order valence-electron chi connectivity index (χ2n) is 4.80. The normalized spacial score (nSPS) is 10.6. The fourth-order valence-corrected chi connectivity index (χ4v) is 2.11. The van der Waals surface area contributed by atoms with Crippen LogP contribution in [0.4, 0.5) is 0 Å². The van der Waals surface area contributed by atoms with Crippen molar-refractivity contribution in [2.75, 3.05) is 6.61 Å². The average Bonchev–Trinajstić information content (AvgIpc) is 2.69. The van der Waals surface area contributed by atoms with Crippen molar-refractivity contribution in [2.24, 2.45) is 0 Å². The Morgan fingerprint density at radius 2 is 2.00 bits per heavy atom. The molecule has 0 bridgehead atoms. The minimum absolute atomic E-state index is 0.0775. The number of ether oxygens (including phenoxy) is 1. The summed E-state index contributed by atoms with van der Waals surface area (Å²) in [7, 11) is 0. The van der Waals surface area contributed by atoms with E-state index >= 15 is 0 Å². The highest BCUT2D eigenvalue weighted by molar-refractivity contribution is 6.10. The first-order valence-electron chi connectivity index (χ1n) is 6.73. The SMILES string of the molecule is CCCOc1cncc(C(=O)c2c(C)oc(C)c2C)c1. The van der Waals surface area contributed by atoms with Crippen LogP contribution in [-0.4, -0.2) is 17.4 Å². The van der Waals surface area contributed by atoms with Crippen LogP contribution in [0, 0.1) is 20.8 Å². The van der Waals surface area contributed by atoms with Crippen LogP contribution >= 0.6 is 0 Å². The van der Waals surface area contributed by atoms with E-state index < -0.39 is 0 Å². The second-order valence-corrected chi connectivity index (χ2v) is 4.80. The number of pyridine rings is 1. The number of hydrogen-bond donors (Lipinski definition) is 0.